The Morgan fingerprint density at radius 2 is 1.28 bits per heavy atom. The monoisotopic (exact) mass is 415 g/mol. The van der Waals surface area contributed by atoms with E-state index in [0.717, 1.165) is 4.90 Å². The van der Waals surface area contributed by atoms with Crippen LogP contribution in [-0.4, -0.2) is 6.54 Å². The van der Waals surface area contributed by atoms with Crippen LogP contribution in [0.4, 0.5) is 46.5 Å². The third-order valence-corrected chi connectivity index (χ3v) is 4.77. The topological polar surface area (TPSA) is 3.24 Å². The van der Waals surface area contributed by atoms with Gasteiger partial charge in [0.25, 0.3) is 0 Å². The van der Waals surface area contributed by atoms with Crippen LogP contribution in [0.1, 0.15) is 5.56 Å². The van der Waals surface area contributed by atoms with Gasteiger partial charge >= 0.3 is 0 Å². The van der Waals surface area contributed by atoms with E-state index in [-0.39, 0.29) is 12.6 Å². The smallest absolute Gasteiger partial charge is 0.198 e. The van der Waals surface area contributed by atoms with Gasteiger partial charge in [0.2, 0.25) is 0 Å². The molecule has 3 aromatic carbocycles. The van der Waals surface area contributed by atoms with Crippen LogP contribution in [0.3, 0.4) is 0 Å². The van der Waals surface area contributed by atoms with Crippen molar-refractivity contribution >= 4 is 11.4 Å². The van der Waals surface area contributed by atoms with Crippen LogP contribution in [0.25, 0.3) is 11.1 Å². The Kier molecular flexibility index (Phi) is 4.48. The van der Waals surface area contributed by atoms with Gasteiger partial charge in [0.1, 0.15) is 5.69 Å². The zero-order chi connectivity index (χ0) is 21.0. The van der Waals surface area contributed by atoms with Crippen LogP contribution < -0.4 is 4.90 Å². The largest absolute Gasteiger partial charge is 0.336 e. The van der Waals surface area contributed by atoms with E-state index in [1.165, 1.54) is 6.07 Å². The first-order chi connectivity index (χ1) is 13.7. The first-order valence-electron chi connectivity index (χ1n) is 8.28. The van der Waals surface area contributed by atoms with Gasteiger partial charge in [-0.25, -0.2) is 35.1 Å². The fourth-order valence-electron chi connectivity index (χ4n) is 3.42. The van der Waals surface area contributed by atoms with Crippen molar-refractivity contribution in [1.29, 1.82) is 0 Å². The highest BCUT2D eigenvalue weighted by Gasteiger charge is 2.34. The van der Waals surface area contributed by atoms with Gasteiger partial charge < -0.3 is 4.90 Å². The van der Waals surface area contributed by atoms with Crippen LogP contribution >= 0.6 is 0 Å². The van der Waals surface area contributed by atoms with Crippen molar-refractivity contribution < 1.29 is 35.1 Å². The summed E-state index contributed by atoms with van der Waals surface area (Å²) in [6.07, 6.45) is 0.350. The molecule has 0 saturated heterocycles. The Hall–Kier alpha value is -3.10. The summed E-state index contributed by atoms with van der Waals surface area (Å²) in [5, 5.41) is 0. The highest BCUT2D eigenvalue weighted by atomic mass is 19.2. The van der Waals surface area contributed by atoms with E-state index in [0.29, 0.717) is 17.7 Å². The molecule has 9 heteroatoms. The maximum absolute atomic E-state index is 14.7. The van der Waals surface area contributed by atoms with Gasteiger partial charge in [-0.05, 0) is 24.1 Å². The number of hydrogen-bond donors (Lipinski definition) is 0. The van der Waals surface area contributed by atoms with Crippen molar-refractivity contribution in [2.45, 2.75) is 6.42 Å². The summed E-state index contributed by atoms with van der Waals surface area (Å²) in [4.78, 5) is 1.01. The number of benzene rings is 3. The highest BCUT2D eigenvalue weighted by Crippen LogP contribution is 2.42. The van der Waals surface area contributed by atoms with Crippen LogP contribution in [0.5, 0.6) is 0 Å². The number of para-hydroxylation sites is 1. The van der Waals surface area contributed by atoms with Gasteiger partial charge in [-0.3, -0.25) is 0 Å². The summed E-state index contributed by atoms with van der Waals surface area (Å²) >= 11 is 0. The standard InChI is InChI=1S/C20H9F8N/c21-10-7-9(13(22)17(26)14(10)23)12-15(24)18(27)20(19(28)16(12)25)29-6-5-8-3-1-2-4-11(8)29/h1-4,7H,5-6H2. The molecule has 1 nitrogen and oxygen atoms in total. The van der Waals surface area contributed by atoms with E-state index in [2.05, 4.69) is 0 Å². The Morgan fingerprint density at radius 1 is 0.655 bits per heavy atom. The lowest BCUT2D eigenvalue weighted by Gasteiger charge is -2.22. The van der Waals surface area contributed by atoms with Crippen molar-refractivity contribution in [3.63, 3.8) is 0 Å². The van der Waals surface area contributed by atoms with Crippen molar-refractivity contribution in [3.8, 4) is 11.1 Å². The lowest BCUT2D eigenvalue weighted by molar-refractivity contribution is 0.409. The minimum absolute atomic E-state index is 0.0135. The van der Waals surface area contributed by atoms with Crippen molar-refractivity contribution in [2.75, 3.05) is 11.4 Å². The number of rotatable bonds is 2. The van der Waals surface area contributed by atoms with Gasteiger partial charge in [-0.15, -0.1) is 0 Å². The minimum Gasteiger partial charge on any atom is -0.336 e. The molecule has 0 saturated carbocycles. The lowest BCUT2D eigenvalue weighted by atomic mass is 10.0. The molecule has 0 unspecified atom stereocenters. The third-order valence-electron chi connectivity index (χ3n) is 4.77. The predicted molar refractivity (Wildman–Crippen MR) is 88.7 cm³/mol. The molecule has 0 aromatic heterocycles. The maximum Gasteiger partial charge on any atom is 0.198 e. The third kappa shape index (κ3) is 2.75. The molecule has 0 amide bonds. The molecule has 1 aliphatic heterocycles. The maximum atomic E-state index is 14.7. The summed E-state index contributed by atoms with van der Waals surface area (Å²) in [5.41, 5.74) is -3.21. The molecule has 0 fully saturated rings. The van der Waals surface area contributed by atoms with Crippen LogP contribution in [0, 0.1) is 46.5 Å². The zero-order valence-corrected chi connectivity index (χ0v) is 14.3. The van der Waals surface area contributed by atoms with Gasteiger partial charge in [0.15, 0.2) is 46.5 Å². The molecule has 150 valence electrons. The second kappa shape index (κ2) is 6.75. The molecule has 3 aromatic rings. The normalized spacial score (nSPS) is 13.2. The van der Waals surface area contributed by atoms with Gasteiger partial charge in [0.05, 0.1) is 5.56 Å². The van der Waals surface area contributed by atoms with Crippen molar-refractivity contribution in [3.05, 3.63) is 82.4 Å². The summed E-state index contributed by atoms with van der Waals surface area (Å²) in [5.74, 6) is -16.6. The highest BCUT2D eigenvalue weighted by molar-refractivity contribution is 5.75. The first kappa shape index (κ1) is 19.2. The SMILES string of the molecule is Fc1cc(-c2c(F)c(F)c(N3CCc4ccccc43)c(F)c2F)c(F)c(F)c1F. The second-order valence-electron chi connectivity index (χ2n) is 6.36. The number of nitrogens with zero attached hydrogens (tertiary/aromatic N) is 1. The molecule has 0 radical (unpaired) electrons. The summed E-state index contributed by atoms with van der Waals surface area (Å²) in [7, 11) is 0. The van der Waals surface area contributed by atoms with E-state index >= 15 is 0 Å². The second-order valence-corrected chi connectivity index (χ2v) is 6.36. The van der Waals surface area contributed by atoms with E-state index < -0.39 is 63.4 Å². The molecule has 1 heterocycles. The van der Waals surface area contributed by atoms with Gasteiger partial charge in [-0.1, -0.05) is 18.2 Å². The summed E-state index contributed by atoms with van der Waals surface area (Å²) in [6, 6.07) is 6.34. The van der Waals surface area contributed by atoms with Gasteiger partial charge in [0, 0.05) is 17.8 Å². The molecule has 1 aliphatic rings. The Bertz CT molecular complexity index is 1130. The van der Waals surface area contributed by atoms with Crippen molar-refractivity contribution in [1.82, 2.24) is 0 Å². The molecule has 29 heavy (non-hydrogen) atoms. The van der Waals surface area contributed by atoms with Crippen LogP contribution in [-0.2, 0) is 6.42 Å². The van der Waals surface area contributed by atoms with E-state index in [4.69, 9.17) is 0 Å². The first-order valence-corrected chi connectivity index (χ1v) is 8.28. The lowest BCUT2D eigenvalue weighted by Crippen LogP contribution is -2.19. The minimum atomic E-state index is -2.36. The van der Waals surface area contributed by atoms with E-state index in [9.17, 15) is 35.1 Å². The van der Waals surface area contributed by atoms with Gasteiger partial charge in [-0.2, -0.15) is 0 Å². The molecule has 0 aliphatic carbocycles. The molecule has 0 spiro atoms. The Balaban J connectivity index is 1.96. The number of fused-ring (bicyclic) bond motifs is 1. The van der Waals surface area contributed by atoms with Crippen molar-refractivity contribution in [2.24, 2.45) is 0 Å². The molecule has 0 atom stereocenters. The molecule has 4 rings (SSSR count). The van der Waals surface area contributed by atoms with E-state index in [1.807, 2.05) is 0 Å². The summed E-state index contributed by atoms with van der Waals surface area (Å²) in [6.45, 7) is 0.0135. The van der Waals surface area contributed by atoms with Crippen LogP contribution in [0.2, 0.25) is 0 Å². The molecular formula is C20H9F8N. The molecule has 0 bridgehead atoms. The zero-order valence-electron chi connectivity index (χ0n) is 14.3. The Morgan fingerprint density at radius 3 is 1.93 bits per heavy atom. The average Bonchev–Trinajstić information content (AvgIpc) is 3.13. The fourth-order valence-corrected chi connectivity index (χ4v) is 3.42. The number of hydrogen-bond acceptors (Lipinski definition) is 1. The van der Waals surface area contributed by atoms with E-state index in [1.54, 1.807) is 18.2 Å². The quantitative estimate of drug-likeness (QED) is 0.275. The fraction of sp³-hybridized carbons (Fsp3) is 0.100. The average molecular weight is 415 g/mol. The molecule has 0 N–H and O–H groups in total. The van der Waals surface area contributed by atoms with Crippen LogP contribution in [0.15, 0.2) is 30.3 Å². The predicted octanol–water partition coefficient (Wildman–Crippen LogP) is 6.16. The Labute approximate surface area is 158 Å². The molecular weight excluding hydrogens is 406 g/mol. The summed E-state index contributed by atoms with van der Waals surface area (Å²) < 4.78 is 113. The number of anilines is 2. The number of halogens is 8.